The van der Waals surface area contributed by atoms with Crippen LogP contribution in [-0.4, -0.2) is 14.5 Å². The zero-order valence-corrected chi connectivity index (χ0v) is 32.7. The molecule has 4 nitrogen and oxygen atoms in total. The molecule has 2 aromatic heterocycles. The van der Waals surface area contributed by atoms with Crippen LogP contribution in [0.5, 0.6) is 0 Å². The predicted molar refractivity (Wildman–Crippen MR) is 250 cm³/mol. The van der Waals surface area contributed by atoms with Crippen molar-refractivity contribution in [3.63, 3.8) is 0 Å². The molecule has 11 aromatic rings. The van der Waals surface area contributed by atoms with Crippen molar-refractivity contribution in [2.24, 2.45) is 0 Å². The van der Waals surface area contributed by atoms with E-state index in [2.05, 4.69) is 234 Å². The Balaban J connectivity index is 1.09. The normalized spacial score (nSPS) is 11.3. The standard InChI is InChI=1S/C56H38N4/c1-6-18-39(19-7-1)47-35-36-48(40-20-8-2-9-21-40)56-55(47)57-53(41-22-10-3-11-23-41)54(58-56)42-30-32-45(33-31-42)59(43-24-12-4-13-25-43)46-34-37-52-50(38-46)49-28-16-17-29-51(49)60(52)44-26-14-5-15-27-44/h1-38H. The van der Waals surface area contributed by atoms with E-state index in [4.69, 9.17) is 9.97 Å². The van der Waals surface area contributed by atoms with Gasteiger partial charge < -0.3 is 9.47 Å². The maximum atomic E-state index is 5.59. The van der Waals surface area contributed by atoms with Crippen molar-refractivity contribution in [1.29, 1.82) is 0 Å². The fraction of sp³-hybridized carbons (Fsp3) is 0. The monoisotopic (exact) mass is 766 g/mol. The molecule has 0 aliphatic heterocycles. The van der Waals surface area contributed by atoms with Gasteiger partial charge in [0.15, 0.2) is 0 Å². The fourth-order valence-corrected chi connectivity index (χ4v) is 8.58. The molecule has 0 radical (unpaired) electrons. The molecule has 0 atom stereocenters. The molecule has 9 aromatic carbocycles. The van der Waals surface area contributed by atoms with Crippen molar-refractivity contribution in [3.05, 3.63) is 231 Å². The second-order valence-electron chi connectivity index (χ2n) is 15.0. The Morgan fingerprint density at radius 3 is 1.33 bits per heavy atom. The van der Waals surface area contributed by atoms with E-state index >= 15 is 0 Å². The summed E-state index contributed by atoms with van der Waals surface area (Å²) in [6.45, 7) is 0. The van der Waals surface area contributed by atoms with E-state index in [9.17, 15) is 0 Å². The molecular weight excluding hydrogens is 729 g/mol. The maximum Gasteiger partial charge on any atom is 0.0979 e. The smallest absolute Gasteiger partial charge is 0.0979 e. The maximum absolute atomic E-state index is 5.59. The molecule has 0 spiro atoms. The van der Waals surface area contributed by atoms with E-state index in [0.717, 1.165) is 78.6 Å². The first-order valence-electron chi connectivity index (χ1n) is 20.3. The van der Waals surface area contributed by atoms with Gasteiger partial charge in [-0.3, -0.25) is 0 Å². The first kappa shape index (κ1) is 35.1. The molecule has 4 heteroatoms. The first-order valence-corrected chi connectivity index (χ1v) is 20.3. The van der Waals surface area contributed by atoms with Crippen LogP contribution in [0.3, 0.4) is 0 Å². The van der Waals surface area contributed by atoms with Crippen LogP contribution in [0, 0.1) is 0 Å². The SMILES string of the molecule is c1ccc(-c2nc3c(-c4ccccc4)ccc(-c4ccccc4)c3nc2-c2ccc(N(c3ccccc3)c3ccc4c(c3)c3ccccc3n4-c3ccccc3)cc2)cc1. The van der Waals surface area contributed by atoms with Crippen molar-refractivity contribution in [2.45, 2.75) is 0 Å². The molecule has 0 amide bonds. The lowest BCUT2D eigenvalue weighted by molar-refractivity contribution is 1.18. The Bertz CT molecular complexity index is 3270. The summed E-state index contributed by atoms with van der Waals surface area (Å²) < 4.78 is 2.36. The number of nitrogens with zero attached hydrogens (tertiary/aromatic N) is 4. The molecule has 0 saturated carbocycles. The van der Waals surface area contributed by atoms with Gasteiger partial charge >= 0.3 is 0 Å². The van der Waals surface area contributed by atoms with Gasteiger partial charge in [-0.25, -0.2) is 9.97 Å². The highest BCUT2D eigenvalue weighted by atomic mass is 15.1. The lowest BCUT2D eigenvalue weighted by atomic mass is 9.96. The largest absolute Gasteiger partial charge is 0.310 e. The summed E-state index contributed by atoms with van der Waals surface area (Å²) in [5, 5.41) is 2.42. The Labute approximate surface area is 348 Å². The highest BCUT2D eigenvalue weighted by Crippen LogP contribution is 2.42. The van der Waals surface area contributed by atoms with Crippen LogP contribution in [0.1, 0.15) is 0 Å². The average Bonchev–Trinajstić information content (AvgIpc) is 3.66. The minimum absolute atomic E-state index is 0.837. The molecule has 0 unspecified atom stereocenters. The Morgan fingerprint density at radius 1 is 0.317 bits per heavy atom. The van der Waals surface area contributed by atoms with Gasteiger partial charge in [0.05, 0.1) is 33.5 Å². The molecule has 0 aliphatic rings. The van der Waals surface area contributed by atoms with Crippen LogP contribution in [0.25, 0.3) is 83.3 Å². The molecule has 11 rings (SSSR count). The zero-order valence-electron chi connectivity index (χ0n) is 32.7. The van der Waals surface area contributed by atoms with Gasteiger partial charge in [0.1, 0.15) is 0 Å². The Kier molecular flexibility index (Phi) is 8.79. The third-order valence-electron chi connectivity index (χ3n) is 11.4. The Morgan fingerprint density at radius 2 is 0.750 bits per heavy atom. The number of hydrogen-bond acceptors (Lipinski definition) is 3. The summed E-state index contributed by atoms with van der Waals surface area (Å²) in [5.41, 5.74) is 16.5. The number of aromatic nitrogens is 3. The van der Waals surface area contributed by atoms with Gasteiger partial charge in [0.2, 0.25) is 0 Å². The topological polar surface area (TPSA) is 34.0 Å². The van der Waals surface area contributed by atoms with Crippen LogP contribution in [-0.2, 0) is 0 Å². The van der Waals surface area contributed by atoms with Crippen molar-refractivity contribution in [3.8, 4) is 50.5 Å². The third-order valence-corrected chi connectivity index (χ3v) is 11.4. The number of rotatable bonds is 8. The van der Waals surface area contributed by atoms with Crippen molar-refractivity contribution < 1.29 is 0 Å². The molecule has 282 valence electrons. The molecular formula is C56H38N4. The van der Waals surface area contributed by atoms with E-state index in [0.29, 0.717) is 0 Å². The minimum Gasteiger partial charge on any atom is -0.310 e. The molecule has 0 saturated heterocycles. The van der Waals surface area contributed by atoms with Gasteiger partial charge in [0.25, 0.3) is 0 Å². The van der Waals surface area contributed by atoms with Crippen LogP contribution < -0.4 is 4.90 Å². The number of para-hydroxylation sites is 3. The highest BCUT2D eigenvalue weighted by Gasteiger charge is 2.21. The van der Waals surface area contributed by atoms with Crippen molar-refractivity contribution in [1.82, 2.24) is 14.5 Å². The van der Waals surface area contributed by atoms with Crippen molar-refractivity contribution >= 4 is 49.9 Å². The predicted octanol–water partition coefficient (Wildman–Crippen LogP) is 14.9. The Hall–Kier alpha value is -8.08. The second kappa shape index (κ2) is 15.0. The molecule has 0 aliphatic carbocycles. The molecule has 60 heavy (non-hydrogen) atoms. The lowest BCUT2D eigenvalue weighted by Crippen LogP contribution is -2.09. The van der Waals surface area contributed by atoms with Crippen molar-refractivity contribution in [2.75, 3.05) is 4.90 Å². The highest BCUT2D eigenvalue weighted by molar-refractivity contribution is 6.11. The second-order valence-corrected chi connectivity index (χ2v) is 15.0. The molecule has 2 heterocycles. The first-order chi connectivity index (χ1) is 29.8. The number of hydrogen-bond donors (Lipinski definition) is 0. The average molecular weight is 767 g/mol. The zero-order chi connectivity index (χ0) is 39.8. The summed E-state index contributed by atoms with van der Waals surface area (Å²) >= 11 is 0. The number of benzene rings is 9. The summed E-state index contributed by atoms with van der Waals surface area (Å²) in [5.74, 6) is 0. The number of fused-ring (bicyclic) bond motifs is 4. The van der Waals surface area contributed by atoms with Gasteiger partial charge in [-0.1, -0.05) is 170 Å². The quantitative estimate of drug-likeness (QED) is 0.154. The van der Waals surface area contributed by atoms with E-state index in [1.54, 1.807) is 0 Å². The molecule has 0 N–H and O–H groups in total. The fourth-order valence-electron chi connectivity index (χ4n) is 8.58. The van der Waals surface area contributed by atoms with Gasteiger partial charge in [-0.2, -0.15) is 0 Å². The van der Waals surface area contributed by atoms with Crippen LogP contribution in [0.15, 0.2) is 231 Å². The molecule has 0 bridgehead atoms. The summed E-state index contributed by atoms with van der Waals surface area (Å²) in [4.78, 5) is 13.5. The number of anilines is 3. The van der Waals surface area contributed by atoms with E-state index in [-0.39, 0.29) is 0 Å². The van der Waals surface area contributed by atoms with Gasteiger partial charge in [0, 0.05) is 55.8 Å². The lowest BCUT2D eigenvalue weighted by Gasteiger charge is -2.26. The van der Waals surface area contributed by atoms with Crippen LogP contribution in [0.2, 0.25) is 0 Å². The van der Waals surface area contributed by atoms with E-state index < -0.39 is 0 Å². The molecule has 0 fully saturated rings. The third kappa shape index (κ3) is 6.19. The van der Waals surface area contributed by atoms with Gasteiger partial charge in [-0.05, 0) is 71.8 Å². The van der Waals surface area contributed by atoms with Gasteiger partial charge in [-0.15, -0.1) is 0 Å². The van der Waals surface area contributed by atoms with E-state index in [1.807, 2.05) is 6.07 Å². The van der Waals surface area contributed by atoms with Crippen LogP contribution >= 0.6 is 0 Å². The summed E-state index contributed by atoms with van der Waals surface area (Å²) in [6, 6.07) is 81.3. The summed E-state index contributed by atoms with van der Waals surface area (Å²) in [6.07, 6.45) is 0. The summed E-state index contributed by atoms with van der Waals surface area (Å²) in [7, 11) is 0. The van der Waals surface area contributed by atoms with E-state index in [1.165, 1.54) is 21.8 Å². The minimum atomic E-state index is 0.837. The van der Waals surface area contributed by atoms with Crippen LogP contribution in [0.4, 0.5) is 17.1 Å².